The Morgan fingerprint density at radius 2 is 1.76 bits per heavy atom. The van der Waals surface area contributed by atoms with Crippen LogP contribution in [0.1, 0.15) is 79.0 Å². The van der Waals surface area contributed by atoms with Gasteiger partial charge in [0.25, 0.3) is 11.5 Å². The van der Waals surface area contributed by atoms with Gasteiger partial charge in [-0.15, -0.1) is 0 Å². The molecule has 1 aromatic carbocycles. The number of amides is 1. The Balaban J connectivity index is 1.69. The number of aromatic nitrogens is 1. The molecule has 4 rings (SSSR count). The molecule has 7 nitrogen and oxygen atoms in total. The third-order valence-electron chi connectivity index (χ3n) is 7.47. The average Bonchev–Trinajstić information content (AvgIpc) is 2.86. The van der Waals surface area contributed by atoms with Crippen LogP contribution in [0.25, 0.3) is 0 Å². The van der Waals surface area contributed by atoms with E-state index in [9.17, 15) is 19.5 Å². The van der Waals surface area contributed by atoms with Crippen molar-refractivity contribution in [2.45, 2.75) is 76.8 Å². The number of nitrogens with one attached hydrogen (secondary N) is 1. The first-order chi connectivity index (χ1) is 16.3. The first-order valence-corrected chi connectivity index (χ1v) is 12.3. The molecule has 2 N–H and O–H groups in total. The smallest absolute Gasteiger partial charge is 0.333 e. The lowest BCUT2D eigenvalue weighted by atomic mass is 9.88. The van der Waals surface area contributed by atoms with E-state index in [2.05, 4.69) is 5.32 Å². The lowest BCUT2D eigenvalue weighted by Gasteiger charge is -2.29. The van der Waals surface area contributed by atoms with Crippen molar-refractivity contribution in [3.8, 4) is 5.75 Å². The van der Waals surface area contributed by atoms with Gasteiger partial charge in [0.15, 0.2) is 5.54 Å². The summed E-state index contributed by atoms with van der Waals surface area (Å²) in [5, 5.41) is 12.7. The molecule has 0 saturated heterocycles. The van der Waals surface area contributed by atoms with Crippen molar-refractivity contribution in [1.82, 2.24) is 9.88 Å². The number of carboxylic acid groups (broad SMARTS) is 1. The predicted molar refractivity (Wildman–Crippen MR) is 129 cm³/mol. The molecule has 2 aromatic rings. The predicted octanol–water partition coefficient (Wildman–Crippen LogP) is 4.05. The van der Waals surface area contributed by atoms with E-state index < -0.39 is 17.4 Å². The minimum Gasteiger partial charge on any atom is -0.497 e. The summed E-state index contributed by atoms with van der Waals surface area (Å²) in [6.07, 6.45) is 9.55. The first kappa shape index (κ1) is 24.0. The largest absolute Gasteiger partial charge is 0.497 e. The van der Waals surface area contributed by atoms with E-state index in [1.807, 2.05) is 4.57 Å². The topological polar surface area (TPSA) is 97.6 Å². The highest BCUT2D eigenvalue weighted by atomic mass is 16.5. The number of carbonyl (C=O) groups is 2. The number of rotatable bonds is 7. The summed E-state index contributed by atoms with van der Waals surface area (Å²) in [5.74, 6) is -0.828. The number of carbonyl (C=O) groups excluding carboxylic acids is 1. The number of nitrogens with zero attached hydrogens (tertiary/aromatic N) is 1. The van der Waals surface area contributed by atoms with Gasteiger partial charge in [-0.2, -0.15) is 0 Å². The molecule has 2 aliphatic rings. The quantitative estimate of drug-likeness (QED) is 0.642. The highest BCUT2D eigenvalue weighted by molar-refractivity contribution is 5.98. The zero-order valence-corrected chi connectivity index (χ0v) is 20.1. The van der Waals surface area contributed by atoms with E-state index in [0.717, 1.165) is 49.8 Å². The third kappa shape index (κ3) is 4.74. The first-order valence-electron chi connectivity index (χ1n) is 12.3. The SMILES string of the molecule is COc1ccc(C(C)(NC(=O)c2cc3c(n(CC4CCCCC4)c2=O)CCCC3)C(=O)O)cc1. The molecule has 1 atom stereocenters. The van der Waals surface area contributed by atoms with Crippen molar-refractivity contribution in [1.29, 1.82) is 0 Å². The van der Waals surface area contributed by atoms with Gasteiger partial charge in [-0.1, -0.05) is 31.4 Å². The van der Waals surface area contributed by atoms with Crippen LogP contribution in [0.15, 0.2) is 35.1 Å². The zero-order chi connectivity index (χ0) is 24.3. The molecule has 0 aliphatic heterocycles. The zero-order valence-electron chi connectivity index (χ0n) is 20.1. The van der Waals surface area contributed by atoms with Crippen LogP contribution in [-0.2, 0) is 29.7 Å². The second-order valence-electron chi connectivity index (χ2n) is 9.77. The van der Waals surface area contributed by atoms with Gasteiger partial charge < -0.3 is 19.7 Å². The molecular weight excluding hydrogens is 432 g/mol. The maximum Gasteiger partial charge on any atom is 0.333 e. The van der Waals surface area contributed by atoms with Crippen LogP contribution in [0.3, 0.4) is 0 Å². The number of methoxy groups -OCH3 is 1. The van der Waals surface area contributed by atoms with Gasteiger partial charge in [0, 0.05) is 12.2 Å². The van der Waals surface area contributed by atoms with Crippen molar-refractivity contribution in [3.63, 3.8) is 0 Å². The van der Waals surface area contributed by atoms with E-state index in [1.54, 1.807) is 30.3 Å². The Bertz CT molecular complexity index is 1120. The van der Waals surface area contributed by atoms with Crippen LogP contribution in [0.5, 0.6) is 5.75 Å². The van der Waals surface area contributed by atoms with E-state index in [1.165, 1.54) is 33.3 Å². The van der Waals surface area contributed by atoms with Crippen LogP contribution >= 0.6 is 0 Å². The Morgan fingerprint density at radius 3 is 2.41 bits per heavy atom. The molecular formula is C27H34N2O5. The summed E-state index contributed by atoms with van der Waals surface area (Å²) in [7, 11) is 1.53. The van der Waals surface area contributed by atoms with Crippen LogP contribution in [0.2, 0.25) is 0 Å². The molecule has 34 heavy (non-hydrogen) atoms. The number of aryl methyl sites for hydroxylation is 1. The lowest BCUT2D eigenvalue weighted by molar-refractivity contribution is -0.144. The monoisotopic (exact) mass is 466 g/mol. The normalized spacial score (nSPS) is 17.9. The summed E-state index contributed by atoms with van der Waals surface area (Å²) >= 11 is 0. The molecule has 1 amide bonds. The second-order valence-corrected chi connectivity index (χ2v) is 9.77. The molecule has 1 fully saturated rings. The number of ether oxygens (including phenoxy) is 1. The van der Waals surface area contributed by atoms with Crippen molar-refractivity contribution in [2.75, 3.05) is 7.11 Å². The average molecular weight is 467 g/mol. The van der Waals surface area contributed by atoms with Crippen molar-refractivity contribution in [3.05, 3.63) is 63.1 Å². The fourth-order valence-corrected chi connectivity index (χ4v) is 5.33. The fourth-order valence-electron chi connectivity index (χ4n) is 5.33. The minimum atomic E-state index is -1.69. The van der Waals surface area contributed by atoms with Gasteiger partial charge in [0.05, 0.1) is 7.11 Å². The summed E-state index contributed by atoms with van der Waals surface area (Å²) in [5.41, 5.74) is 0.501. The van der Waals surface area contributed by atoms with E-state index in [4.69, 9.17) is 4.74 Å². The van der Waals surface area contributed by atoms with E-state index >= 15 is 0 Å². The number of benzene rings is 1. The van der Waals surface area contributed by atoms with E-state index in [0.29, 0.717) is 23.8 Å². The molecule has 0 spiro atoms. The molecule has 1 saturated carbocycles. The number of pyridine rings is 1. The minimum absolute atomic E-state index is 0.0254. The Hall–Kier alpha value is -3.09. The Labute approximate surface area is 200 Å². The van der Waals surface area contributed by atoms with Crippen molar-refractivity contribution >= 4 is 11.9 Å². The number of hydrogen-bond acceptors (Lipinski definition) is 4. The van der Waals surface area contributed by atoms with E-state index in [-0.39, 0.29) is 11.1 Å². The molecule has 2 aliphatic carbocycles. The van der Waals surface area contributed by atoms with Crippen molar-refractivity contribution in [2.24, 2.45) is 5.92 Å². The standard InChI is InChI=1S/C27H34N2O5/c1-27(26(32)33,20-12-14-21(34-2)15-13-20)28-24(30)22-16-19-10-6-7-11-23(19)29(25(22)31)17-18-8-4-3-5-9-18/h12-16,18H,3-11,17H2,1-2H3,(H,28,30)(H,32,33). The van der Waals surface area contributed by atoms with Gasteiger partial charge in [0.2, 0.25) is 0 Å². The maximum atomic E-state index is 13.6. The summed E-state index contributed by atoms with van der Waals surface area (Å²) in [6, 6.07) is 8.22. The Kier molecular flexibility index (Phi) is 7.10. The van der Waals surface area contributed by atoms with Crippen LogP contribution in [0, 0.1) is 5.92 Å². The number of aliphatic carboxylic acids is 1. The third-order valence-corrected chi connectivity index (χ3v) is 7.47. The summed E-state index contributed by atoms with van der Waals surface area (Å²) in [4.78, 5) is 39.2. The van der Waals surface area contributed by atoms with Gasteiger partial charge in [0.1, 0.15) is 11.3 Å². The molecule has 7 heteroatoms. The Morgan fingerprint density at radius 1 is 1.09 bits per heavy atom. The maximum absolute atomic E-state index is 13.6. The van der Waals surface area contributed by atoms with Gasteiger partial charge in [-0.05, 0) is 80.7 Å². The van der Waals surface area contributed by atoms with Crippen molar-refractivity contribution < 1.29 is 19.4 Å². The number of hydrogen-bond donors (Lipinski definition) is 2. The molecule has 1 aromatic heterocycles. The van der Waals surface area contributed by atoms with Crippen LogP contribution < -0.4 is 15.6 Å². The highest BCUT2D eigenvalue weighted by Crippen LogP contribution is 2.28. The van der Waals surface area contributed by atoms with Gasteiger partial charge in [-0.3, -0.25) is 9.59 Å². The van der Waals surface area contributed by atoms with Crippen LogP contribution in [0.4, 0.5) is 0 Å². The van der Waals surface area contributed by atoms with Crippen LogP contribution in [-0.4, -0.2) is 28.7 Å². The highest BCUT2D eigenvalue weighted by Gasteiger charge is 2.38. The second kappa shape index (κ2) is 10.0. The number of carboxylic acids is 1. The number of fused-ring (bicyclic) bond motifs is 1. The molecule has 1 unspecified atom stereocenters. The summed E-state index contributed by atoms with van der Waals surface area (Å²) in [6.45, 7) is 2.07. The van der Waals surface area contributed by atoms with Gasteiger partial charge >= 0.3 is 5.97 Å². The molecule has 182 valence electrons. The molecule has 0 radical (unpaired) electrons. The lowest BCUT2D eigenvalue weighted by Crippen LogP contribution is -2.51. The summed E-state index contributed by atoms with van der Waals surface area (Å²) < 4.78 is 6.98. The molecule has 1 heterocycles. The fraction of sp³-hybridized carbons (Fsp3) is 0.519. The van der Waals surface area contributed by atoms with Gasteiger partial charge in [-0.25, -0.2) is 4.79 Å². The molecule has 0 bridgehead atoms.